The third-order valence-electron chi connectivity index (χ3n) is 2.23. The largest absolute Gasteiger partial charge is 0.305 e. The second-order valence-corrected chi connectivity index (χ2v) is 3.81. The molecule has 1 aromatic carbocycles. The number of aryl methyl sites for hydroxylation is 1. The summed E-state index contributed by atoms with van der Waals surface area (Å²) in [5.74, 6) is 0. The lowest BCUT2D eigenvalue weighted by Crippen LogP contribution is -2.11. The van der Waals surface area contributed by atoms with Crippen LogP contribution in [0.15, 0.2) is 18.2 Å². The Bertz CT molecular complexity index is 362. The SMILES string of the molecule is CCc1ccc(CN(C)C)cc1[N+](=O)[O-]. The van der Waals surface area contributed by atoms with Crippen LogP contribution in [-0.2, 0) is 13.0 Å². The Labute approximate surface area is 89.7 Å². The smallest absolute Gasteiger partial charge is 0.272 e. The van der Waals surface area contributed by atoms with Crippen molar-refractivity contribution in [2.45, 2.75) is 19.9 Å². The molecule has 15 heavy (non-hydrogen) atoms. The van der Waals surface area contributed by atoms with E-state index in [4.69, 9.17) is 0 Å². The number of nitro groups is 1. The maximum absolute atomic E-state index is 10.8. The number of nitrogens with zero attached hydrogens (tertiary/aromatic N) is 2. The third kappa shape index (κ3) is 3.02. The summed E-state index contributed by atoms with van der Waals surface area (Å²) < 4.78 is 0. The molecule has 0 fully saturated rings. The van der Waals surface area contributed by atoms with E-state index in [1.54, 1.807) is 6.07 Å². The number of rotatable bonds is 4. The standard InChI is InChI=1S/C11H16N2O2/c1-4-10-6-5-9(8-12(2)3)7-11(10)13(14)15/h5-7H,4,8H2,1-3H3. The fourth-order valence-electron chi connectivity index (χ4n) is 1.54. The van der Waals surface area contributed by atoms with Crippen molar-refractivity contribution in [2.75, 3.05) is 14.1 Å². The molecule has 0 saturated carbocycles. The van der Waals surface area contributed by atoms with Crippen LogP contribution in [0.4, 0.5) is 5.69 Å². The van der Waals surface area contributed by atoms with Crippen molar-refractivity contribution in [2.24, 2.45) is 0 Å². The van der Waals surface area contributed by atoms with E-state index >= 15 is 0 Å². The molecule has 1 aromatic rings. The predicted octanol–water partition coefficient (Wildman–Crippen LogP) is 2.22. The summed E-state index contributed by atoms with van der Waals surface area (Å²) in [7, 11) is 3.89. The maximum atomic E-state index is 10.8. The van der Waals surface area contributed by atoms with Gasteiger partial charge in [0, 0.05) is 18.2 Å². The molecule has 0 heterocycles. The van der Waals surface area contributed by atoms with Crippen molar-refractivity contribution in [1.82, 2.24) is 4.90 Å². The molecule has 0 bridgehead atoms. The average molecular weight is 208 g/mol. The highest BCUT2D eigenvalue weighted by Gasteiger charge is 2.12. The topological polar surface area (TPSA) is 46.4 Å². The highest BCUT2D eigenvalue weighted by molar-refractivity contribution is 5.43. The molecule has 4 nitrogen and oxygen atoms in total. The van der Waals surface area contributed by atoms with Crippen LogP contribution in [0.2, 0.25) is 0 Å². The van der Waals surface area contributed by atoms with E-state index in [0.29, 0.717) is 6.42 Å². The molecule has 82 valence electrons. The summed E-state index contributed by atoms with van der Waals surface area (Å²) in [5, 5.41) is 10.8. The fraction of sp³-hybridized carbons (Fsp3) is 0.455. The van der Waals surface area contributed by atoms with E-state index in [9.17, 15) is 10.1 Å². The van der Waals surface area contributed by atoms with Gasteiger partial charge in [-0.15, -0.1) is 0 Å². The van der Waals surface area contributed by atoms with Gasteiger partial charge in [-0.1, -0.05) is 19.1 Å². The molecular weight excluding hydrogens is 192 g/mol. The van der Waals surface area contributed by atoms with Crippen molar-refractivity contribution in [3.63, 3.8) is 0 Å². The monoisotopic (exact) mass is 208 g/mol. The second-order valence-electron chi connectivity index (χ2n) is 3.81. The van der Waals surface area contributed by atoms with Crippen molar-refractivity contribution in [3.05, 3.63) is 39.4 Å². The average Bonchev–Trinajstić information content (AvgIpc) is 2.16. The minimum atomic E-state index is -0.308. The lowest BCUT2D eigenvalue weighted by Gasteiger charge is -2.10. The van der Waals surface area contributed by atoms with Crippen LogP contribution >= 0.6 is 0 Å². The number of hydrogen-bond acceptors (Lipinski definition) is 3. The Hall–Kier alpha value is -1.42. The third-order valence-corrected chi connectivity index (χ3v) is 2.23. The molecule has 0 aliphatic rings. The van der Waals surface area contributed by atoms with Gasteiger partial charge in [-0.3, -0.25) is 10.1 Å². The van der Waals surface area contributed by atoms with Crippen molar-refractivity contribution >= 4 is 5.69 Å². The Kier molecular flexibility index (Phi) is 3.80. The first-order valence-corrected chi connectivity index (χ1v) is 4.95. The molecule has 0 saturated heterocycles. The fourth-order valence-corrected chi connectivity index (χ4v) is 1.54. The van der Waals surface area contributed by atoms with E-state index in [2.05, 4.69) is 0 Å². The zero-order chi connectivity index (χ0) is 11.4. The molecule has 0 amide bonds. The van der Waals surface area contributed by atoms with E-state index in [1.165, 1.54) is 0 Å². The number of nitro benzene ring substituents is 1. The Morgan fingerprint density at radius 2 is 2.07 bits per heavy atom. The zero-order valence-corrected chi connectivity index (χ0v) is 9.36. The normalized spacial score (nSPS) is 10.7. The van der Waals surface area contributed by atoms with Crippen LogP contribution in [0.5, 0.6) is 0 Å². The highest BCUT2D eigenvalue weighted by atomic mass is 16.6. The molecule has 0 unspecified atom stereocenters. The van der Waals surface area contributed by atoms with Gasteiger partial charge in [-0.2, -0.15) is 0 Å². The van der Waals surface area contributed by atoms with Crippen molar-refractivity contribution < 1.29 is 4.92 Å². The van der Waals surface area contributed by atoms with Gasteiger partial charge >= 0.3 is 0 Å². The van der Waals surface area contributed by atoms with Gasteiger partial charge in [0.1, 0.15) is 0 Å². The Morgan fingerprint density at radius 3 is 2.53 bits per heavy atom. The first-order valence-electron chi connectivity index (χ1n) is 4.95. The van der Waals surface area contributed by atoms with Crippen molar-refractivity contribution in [1.29, 1.82) is 0 Å². The zero-order valence-electron chi connectivity index (χ0n) is 9.36. The summed E-state index contributed by atoms with van der Waals surface area (Å²) >= 11 is 0. The summed E-state index contributed by atoms with van der Waals surface area (Å²) in [5.41, 5.74) is 2.00. The van der Waals surface area contributed by atoms with Crippen molar-refractivity contribution in [3.8, 4) is 0 Å². The van der Waals surface area contributed by atoms with Crippen LogP contribution < -0.4 is 0 Å². The summed E-state index contributed by atoms with van der Waals surface area (Å²) in [6.45, 7) is 2.65. The maximum Gasteiger partial charge on any atom is 0.272 e. The lowest BCUT2D eigenvalue weighted by molar-refractivity contribution is -0.385. The molecule has 4 heteroatoms. The minimum absolute atomic E-state index is 0.233. The quantitative estimate of drug-likeness (QED) is 0.563. The van der Waals surface area contributed by atoms with Crippen LogP contribution in [0.1, 0.15) is 18.1 Å². The number of benzene rings is 1. The van der Waals surface area contributed by atoms with Gasteiger partial charge in [0.2, 0.25) is 0 Å². The van der Waals surface area contributed by atoms with Gasteiger partial charge in [-0.25, -0.2) is 0 Å². The molecule has 0 spiro atoms. The molecule has 0 aliphatic carbocycles. The second kappa shape index (κ2) is 4.89. The van der Waals surface area contributed by atoms with Gasteiger partial charge < -0.3 is 4.90 Å². The van der Waals surface area contributed by atoms with Gasteiger partial charge in [0.15, 0.2) is 0 Å². The van der Waals surface area contributed by atoms with Crippen LogP contribution in [0, 0.1) is 10.1 Å². The van der Waals surface area contributed by atoms with Gasteiger partial charge in [-0.05, 0) is 26.1 Å². The van der Waals surface area contributed by atoms with E-state index in [1.807, 2.05) is 38.1 Å². The number of hydrogen-bond donors (Lipinski definition) is 0. The summed E-state index contributed by atoms with van der Waals surface area (Å²) in [6, 6.07) is 5.46. The van der Waals surface area contributed by atoms with Crippen LogP contribution in [0.3, 0.4) is 0 Å². The molecule has 0 atom stereocenters. The molecule has 0 radical (unpaired) electrons. The van der Waals surface area contributed by atoms with E-state index < -0.39 is 0 Å². The molecule has 0 aromatic heterocycles. The molecule has 0 aliphatic heterocycles. The lowest BCUT2D eigenvalue weighted by atomic mass is 10.1. The molecule has 1 rings (SSSR count). The first-order chi connectivity index (χ1) is 7.04. The molecule has 0 N–H and O–H groups in total. The van der Waals surface area contributed by atoms with Gasteiger partial charge in [0.25, 0.3) is 5.69 Å². The molecular formula is C11H16N2O2. The van der Waals surface area contributed by atoms with E-state index in [-0.39, 0.29) is 10.6 Å². The van der Waals surface area contributed by atoms with E-state index in [0.717, 1.165) is 17.7 Å². The summed E-state index contributed by atoms with van der Waals surface area (Å²) in [6.07, 6.45) is 0.693. The summed E-state index contributed by atoms with van der Waals surface area (Å²) in [4.78, 5) is 12.5. The van der Waals surface area contributed by atoms with Crippen LogP contribution in [-0.4, -0.2) is 23.9 Å². The predicted molar refractivity (Wildman–Crippen MR) is 59.9 cm³/mol. The highest BCUT2D eigenvalue weighted by Crippen LogP contribution is 2.21. The first kappa shape index (κ1) is 11.7. The Morgan fingerprint density at radius 1 is 1.40 bits per heavy atom. The minimum Gasteiger partial charge on any atom is -0.305 e. The van der Waals surface area contributed by atoms with Gasteiger partial charge in [0.05, 0.1) is 4.92 Å². The Balaban J connectivity index is 3.05. The van der Waals surface area contributed by atoms with Crippen LogP contribution in [0.25, 0.3) is 0 Å².